The molecule has 2 aromatic rings. The van der Waals surface area contributed by atoms with Crippen molar-refractivity contribution in [3.8, 4) is 0 Å². The van der Waals surface area contributed by atoms with E-state index >= 15 is 0 Å². The first kappa shape index (κ1) is 12.3. The van der Waals surface area contributed by atoms with Crippen molar-refractivity contribution in [1.82, 2.24) is 9.55 Å². The third kappa shape index (κ3) is 2.76. The van der Waals surface area contributed by atoms with Crippen LogP contribution in [0, 0.1) is 0 Å². The van der Waals surface area contributed by atoms with Gasteiger partial charge >= 0.3 is 0 Å². The van der Waals surface area contributed by atoms with E-state index in [1.54, 1.807) is 0 Å². The SMILES string of the molecule is CCCn1ccnc1C(N)c1ccc(Br)cc1. The minimum atomic E-state index is -0.162. The summed E-state index contributed by atoms with van der Waals surface area (Å²) < 4.78 is 3.18. The van der Waals surface area contributed by atoms with Gasteiger partial charge in [-0.15, -0.1) is 0 Å². The zero-order chi connectivity index (χ0) is 12.3. The number of hydrogen-bond acceptors (Lipinski definition) is 2. The van der Waals surface area contributed by atoms with Gasteiger partial charge in [-0.1, -0.05) is 35.0 Å². The van der Waals surface area contributed by atoms with Gasteiger partial charge in [0.25, 0.3) is 0 Å². The molecule has 1 unspecified atom stereocenters. The van der Waals surface area contributed by atoms with Crippen LogP contribution in [0.15, 0.2) is 41.1 Å². The molecule has 1 heterocycles. The Labute approximate surface area is 110 Å². The Hall–Kier alpha value is -1.13. The largest absolute Gasteiger partial charge is 0.333 e. The van der Waals surface area contributed by atoms with Crippen LogP contribution >= 0.6 is 15.9 Å². The van der Waals surface area contributed by atoms with E-state index in [2.05, 4.69) is 32.4 Å². The van der Waals surface area contributed by atoms with Gasteiger partial charge in [0.15, 0.2) is 0 Å². The summed E-state index contributed by atoms with van der Waals surface area (Å²) in [6.45, 7) is 3.11. The fraction of sp³-hybridized carbons (Fsp3) is 0.308. The zero-order valence-corrected chi connectivity index (χ0v) is 11.4. The van der Waals surface area contributed by atoms with E-state index in [9.17, 15) is 0 Å². The highest BCUT2D eigenvalue weighted by Crippen LogP contribution is 2.20. The van der Waals surface area contributed by atoms with E-state index in [1.165, 1.54) is 0 Å². The summed E-state index contributed by atoms with van der Waals surface area (Å²) in [4.78, 5) is 4.36. The third-order valence-electron chi connectivity index (χ3n) is 2.72. The quantitative estimate of drug-likeness (QED) is 0.941. The van der Waals surface area contributed by atoms with Crippen molar-refractivity contribution in [3.63, 3.8) is 0 Å². The van der Waals surface area contributed by atoms with Crippen molar-refractivity contribution in [2.75, 3.05) is 0 Å². The van der Waals surface area contributed by atoms with Gasteiger partial charge in [-0.05, 0) is 24.1 Å². The van der Waals surface area contributed by atoms with Crippen molar-refractivity contribution in [1.29, 1.82) is 0 Å². The van der Waals surface area contributed by atoms with Crippen LogP contribution < -0.4 is 5.73 Å². The molecule has 0 fully saturated rings. The highest BCUT2D eigenvalue weighted by molar-refractivity contribution is 9.10. The third-order valence-corrected chi connectivity index (χ3v) is 3.25. The standard InChI is InChI=1S/C13H16BrN3/c1-2-8-17-9-7-16-13(17)12(15)10-3-5-11(14)6-4-10/h3-7,9,12H,2,8,15H2,1H3. The maximum absolute atomic E-state index is 6.24. The molecule has 0 aliphatic carbocycles. The minimum absolute atomic E-state index is 0.162. The van der Waals surface area contributed by atoms with Gasteiger partial charge in [0.2, 0.25) is 0 Å². The first-order valence-electron chi connectivity index (χ1n) is 5.74. The molecule has 2 N–H and O–H groups in total. The topological polar surface area (TPSA) is 43.8 Å². The van der Waals surface area contributed by atoms with Crippen LogP contribution in [-0.2, 0) is 6.54 Å². The average molecular weight is 294 g/mol. The molecule has 0 bridgehead atoms. The number of aromatic nitrogens is 2. The van der Waals surface area contributed by atoms with Crippen LogP contribution in [0.25, 0.3) is 0 Å². The monoisotopic (exact) mass is 293 g/mol. The molecule has 1 aromatic carbocycles. The lowest BCUT2D eigenvalue weighted by Gasteiger charge is -2.14. The first-order valence-corrected chi connectivity index (χ1v) is 6.53. The smallest absolute Gasteiger partial charge is 0.130 e. The second kappa shape index (κ2) is 5.47. The maximum atomic E-state index is 6.24. The first-order chi connectivity index (χ1) is 8.22. The molecule has 0 spiro atoms. The van der Waals surface area contributed by atoms with Crippen molar-refractivity contribution in [2.45, 2.75) is 25.9 Å². The predicted molar refractivity (Wildman–Crippen MR) is 72.7 cm³/mol. The molecule has 1 atom stereocenters. The van der Waals surface area contributed by atoms with Crippen LogP contribution in [0.5, 0.6) is 0 Å². The van der Waals surface area contributed by atoms with E-state index < -0.39 is 0 Å². The fourth-order valence-electron chi connectivity index (χ4n) is 1.85. The van der Waals surface area contributed by atoms with Crippen LogP contribution in [0.1, 0.15) is 30.8 Å². The normalized spacial score (nSPS) is 12.6. The average Bonchev–Trinajstić information content (AvgIpc) is 2.78. The lowest BCUT2D eigenvalue weighted by atomic mass is 10.1. The molecule has 3 nitrogen and oxygen atoms in total. The van der Waals surface area contributed by atoms with E-state index in [-0.39, 0.29) is 6.04 Å². The summed E-state index contributed by atoms with van der Waals surface area (Å²) in [7, 11) is 0. The number of aryl methyl sites for hydroxylation is 1. The minimum Gasteiger partial charge on any atom is -0.333 e. The van der Waals surface area contributed by atoms with E-state index in [1.807, 2.05) is 36.7 Å². The summed E-state index contributed by atoms with van der Waals surface area (Å²) >= 11 is 3.42. The number of imidazole rings is 1. The second-order valence-electron chi connectivity index (χ2n) is 4.01. The Bertz CT molecular complexity index is 476. The Kier molecular flexibility index (Phi) is 3.97. The molecule has 0 amide bonds. The van der Waals surface area contributed by atoms with Gasteiger partial charge in [-0.25, -0.2) is 4.98 Å². The Morgan fingerprint density at radius 2 is 2.06 bits per heavy atom. The number of nitrogens with two attached hydrogens (primary N) is 1. The molecule has 90 valence electrons. The lowest BCUT2D eigenvalue weighted by molar-refractivity contribution is 0.613. The molecule has 4 heteroatoms. The molecule has 0 aliphatic heterocycles. The summed E-state index contributed by atoms with van der Waals surface area (Å²) in [5.41, 5.74) is 7.32. The van der Waals surface area contributed by atoms with Gasteiger partial charge < -0.3 is 10.3 Å². The highest BCUT2D eigenvalue weighted by Gasteiger charge is 2.14. The number of nitrogens with zero attached hydrogens (tertiary/aromatic N) is 2. The van der Waals surface area contributed by atoms with Gasteiger partial charge in [0.1, 0.15) is 5.82 Å². The van der Waals surface area contributed by atoms with Crippen molar-refractivity contribution in [3.05, 3.63) is 52.5 Å². The zero-order valence-electron chi connectivity index (χ0n) is 9.81. The molecule has 2 rings (SSSR count). The van der Waals surface area contributed by atoms with Gasteiger partial charge in [0.05, 0.1) is 6.04 Å². The molecular weight excluding hydrogens is 278 g/mol. The number of hydrogen-bond donors (Lipinski definition) is 1. The Morgan fingerprint density at radius 1 is 1.35 bits per heavy atom. The molecule has 17 heavy (non-hydrogen) atoms. The van der Waals surface area contributed by atoms with Crippen molar-refractivity contribution >= 4 is 15.9 Å². The number of benzene rings is 1. The summed E-state index contributed by atoms with van der Waals surface area (Å²) in [5.74, 6) is 0.925. The summed E-state index contributed by atoms with van der Waals surface area (Å²) in [5, 5.41) is 0. The predicted octanol–water partition coefficient (Wildman–Crippen LogP) is 3.10. The molecule has 0 radical (unpaired) electrons. The number of halogens is 1. The van der Waals surface area contributed by atoms with Gasteiger partial charge in [-0.3, -0.25) is 0 Å². The van der Waals surface area contributed by atoms with E-state index in [0.717, 1.165) is 28.8 Å². The summed E-state index contributed by atoms with van der Waals surface area (Å²) in [6.07, 6.45) is 4.87. The second-order valence-corrected chi connectivity index (χ2v) is 4.92. The van der Waals surface area contributed by atoms with Gasteiger partial charge in [-0.2, -0.15) is 0 Å². The van der Waals surface area contributed by atoms with Crippen LogP contribution in [0.4, 0.5) is 0 Å². The van der Waals surface area contributed by atoms with E-state index in [0.29, 0.717) is 0 Å². The molecular formula is C13H16BrN3. The molecule has 0 saturated carbocycles. The summed E-state index contributed by atoms with van der Waals surface area (Å²) in [6, 6.07) is 7.90. The van der Waals surface area contributed by atoms with E-state index in [4.69, 9.17) is 5.73 Å². The van der Waals surface area contributed by atoms with Crippen molar-refractivity contribution < 1.29 is 0 Å². The molecule has 0 saturated heterocycles. The molecule has 1 aromatic heterocycles. The Balaban J connectivity index is 2.26. The fourth-order valence-corrected chi connectivity index (χ4v) is 2.11. The van der Waals surface area contributed by atoms with Crippen LogP contribution in [0.2, 0.25) is 0 Å². The molecule has 0 aliphatic rings. The number of rotatable bonds is 4. The van der Waals surface area contributed by atoms with Crippen molar-refractivity contribution in [2.24, 2.45) is 5.73 Å². The maximum Gasteiger partial charge on any atom is 0.130 e. The highest BCUT2D eigenvalue weighted by atomic mass is 79.9. The Morgan fingerprint density at radius 3 is 2.71 bits per heavy atom. The van der Waals surface area contributed by atoms with Crippen LogP contribution in [-0.4, -0.2) is 9.55 Å². The van der Waals surface area contributed by atoms with Gasteiger partial charge in [0, 0.05) is 23.4 Å². The lowest BCUT2D eigenvalue weighted by Crippen LogP contribution is -2.17. The van der Waals surface area contributed by atoms with Crippen LogP contribution in [0.3, 0.4) is 0 Å².